The molecule has 0 spiro atoms. The second-order valence-corrected chi connectivity index (χ2v) is 9.47. The summed E-state index contributed by atoms with van der Waals surface area (Å²) in [6.45, 7) is 2.57. The van der Waals surface area contributed by atoms with Gasteiger partial charge in [-0.25, -0.2) is 4.98 Å². The van der Waals surface area contributed by atoms with Gasteiger partial charge in [-0.2, -0.15) is 0 Å². The van der Waals surface area contributed by atoms with E-state index in [-0.39, 0.29) is 24.6 Å². The van der Waals surface area contributed by atoms with Crippen LogP contribution in [-0.2, 0) is 17.9 Å². The molecule has 0 saturated carbocycles. The minimum Gasteiger partial charge on any atom is -0.418 e. The lowest BCUT2D eigenvalue weighted by atomic mass is 10.1. The van der Waals surface area contributed by atoms with Crippen LogP contribution < -0.4 is 5.56 Å². The van der Waals surface area contributed by atoms with Crippen molar-refractivity contribution in [3.63, 3.8) is 0 Å². The number of fused-ring (bicyclic) bond motifs is 1. The summed E-state index contributed by atoms with van der Waals surface area (Å²) >= 11 is 2.93. The van der Waals surface area contributed by atoms with Crippen LogP contribution in [0.4, 0.5) is 0 Å². The van der Waals surface area contributed by atoms with Crippen molar-refractivity contribution in [2.24, 2.45) is 0 Å². The molecular weight excluding hydrogens is 470 g/mol. The number of benzene rings is 1. The van der Waals surface area contributed by atoms with E-state index < -0.39 is 0 Å². The summed E-state index contributed by atoms with van der Waals surface area (Å²) in [5.41, 5.74) is 1.55. The van der Waals surface area contributed by atoms with Gasteiger partial charge in [0.1, 0.15) is 11.4 Å². The maximum Gasteiger partial charge on any atom is 0.263 e. The molecule has 0 saturated heterocycles. The fourth-order valence-corrected chi connectivity index (χ4v) is 5.25. The van der Waals surface area contributed by atoms with E-state index in [0.29, 0.717) is 28.5 Å². The highest BCUT2D eigenvalue weighted by atomic mass is 32.1. The number of hydrogen-bond acceptors (Lipinski definition) is 8. The van der Waals surface area contributed by atoms with Crippen LogP contribution in [0, 0.1) is 0 Å². The molecule has 0 atom stereocenters. The summed E-state index contributed by atoms with van der Waals surface area (Å²) in [6, 6.07) is 13.5. The highest BCUT2D eigenvalue weighted by molar-refractivity contribution is 7.17. The summed E-state index contributed by atoms with van der Waals surface area (Å²) in [5.74, 6) is 0.582. The molecule has 0 aliphatic heterocycles. The highest BCUT2D eigenvalue weighted by Gasteiger charge is 2.20. The van der Waals surface area contributed by atoms with E-state index in [9.17, 15) is 9.59 Å². The van der Waals surface area contributed by atoms with Crippen molar-refractivity contribution >= 4 is 38.8 Å². The van der Waals surface area contributed by atoms with Gasteiger partial charge >= 0.3 is 0 Å². The van der Waals surface area contributed by atoms with Gasteiger partial charge in [-0.05, 0) is 23.4 Å². The summed E-state index contributed by atoms with van der Waals surface area (Å²) < 4.78 is 7.13. The van der Waals surface area contributed by atoms with Gasteiger partial charge in [0.05, 0.1) is 23.1 Å². The van der Waals surface area contributed by atoms with Crippen molar-refractivity contribution in [3.05, 3.63) is 75.8 Å². The lowest BCUT2D eigenvalue weighted by molar-refractivity contribution is -0.132. The van der Waals surface area contributed by atoms with Crippen molar-refractivity contribution in [1.29, 1.82) is 0 Å². The largest absolute Gasteiger partial charge is 0.418 e. The zero-order chi connectivity index (χ0) is 23.5. The Morgan fingerprint density at radius 3 is 2.74 bits per heavy atom. The Morgan fingerprint density at radius 1 is 1.12 bits per heavy atom. The van der Waals surface area contributed by atoms with Crippen LogP contribution >= 0.6 is 22.7 Å². The molecule has 0 unspecified atom stereocenters. The second kappa shape index (κ2) is 9.70. The Kier molecular flexibility index (Phi) is 6.33. The van der Waals surface area contributed by atoms with E-state index in [1.807, 2.05) is 60.1 Å². The van der Waals surface area contributed by atoms with E-state index in [1.165, 1.54) is 33.6 Å². The van der Waals surface area contributed by atoms with Gasteiger partial charge in [0.25, 0.3) is 11.4 Å². The quantitative estimate of drug-likeness (QED) is 0.313. The van der Waals surface area contributed by atoms with Crippen LogP contribution in [0.25, 0.3) is 32.1 Å². The number of thiophene rings is 2. The molecule has 0 bridgehead atoms. The molecule has 8 nitrogen and oxygen atoms in total. The van der Waals surface area contributed by atoms with Crippen LogP contribution in [0.5, 0.6) is 0 Å². The molecule has 5 aromatic rings. The zero-order valence-electron chi connectivity index (χ0n) is 18.4. The number of aromatic nitrogens is 4. The fourth-order valence-electron chi connectivity index (χ4n) is 3.70. The molecule has 0 fully saturated rings. The first-order valence-electron chi connectivity index (χ1n) is 10.8. The fraction of sp³-hybridized carbons (Fsp3) is 0.208. The van der Waals surface area contributed by atoms with Gasteiger partial charge in [-0.15, -0.1) is 32.9 Å². The first kappa shape index (κ1) is 22.2. The van der Waals surface area contributed by atoms with Gasteiger partial charge in [0, 0.05) is 17.5 Å². The average molecular weight is 492 g/mol. The Balaban J connectivity index is 1.39. The van der Waals surface area contributed by atoms with Crippen molar-refractivity contribution in [1.82, 2.24) is 24.6 Å². The number of rotatable bonds is 8. The minimum absolute atomic E-state index is 0.113. The molecule has 0 aliphatic carbocycles. The third-order valence-electron chi connectivity index (χ3n) is 5.32. The van der Waals surface area contributed by atoms with E-state index in [1.54, 1.807) is 4.90 Å². The lowest BCUT2D eigenvalue weighted by Crippen LogP contribution is -2.36. The van der Waals surface area contributed by atoms with Gasteiger partial charge < -0.3 is 9.32 Å². The Hall–Kier alpha value is -3.63. The van der Waals surface area contributed by atoms with Crippen molar-refractivity contribution in [3.8, 4) is 21.9 Å². The number of carbonyl (C=O) groups is 1. The predicted octanol–water partition coefficient (Wildman–Crippen LogP) is 4.68. The molecule has 10 heteroatoms. The Morgan fingerprint density at radius 2 is 1.97 bits per heavy atom. The number of hydrogen-bond donors (Lipinski definition) is 0. The highest BCUT2D eigenvalue weighted by Crippen LogP contribution is 2.30. The van der Waals surface area contributed by atoms with E-state index in [0.717, 1.165) is 22.4 Å². The van der Waals surface area contributed by atoms with Crippen molar-refractivity contribution in [2.75, 3.05) is 6.54 Å². The summed E-state index contributed by atoms with van der Waals surface area (Å²) in [6.07, 6.45) is 2.20. The van der Waals surface area contributed by atoms with Gasteiger partial charge in [0.2, 0.25) is 11.8 Å². The van der Waals surface area contributed by atoms with E-state index >= 15 is 0 Å². The Bertz CT molecular complexity index is 1470. The predicted molar refractivity (Wildman–Crippen MR) is 133 cm³/mol. The summed E-state index contributed by atoms with van der Waals surface area (Å²) in [5, 5.41) is 12.6. The van der Waals surface area contributed by atoms with Crippen LogP contribution in [0.15, 0.2) is 68.8 Å². The molecular formula is C24H21N5O3S2. The number of nitrogens with zero attached hydrogens (tertiary/aromatic N) is 5. The standard InChI is InChI=1S/C24H21N5O3S2/c1-2-10-28(12-19-26-27-22(32-19)18-9-6-11-33-18)20(30)13-29-15-25-23-21(24(29)31)17(14-34-23)16-7-4-3-5-8-16/h3-9,11,14-15H,2,10,12-13H2,1H3. The Labute approximate surface area is 203 Å². The van der Waals surface area contributed by atoms with Crippen molar-refractivity contribution < 1.29 is 9.21 Å². The molecule has 0 radical (unpaired) electrons. The topological polar surface area (TPSA) is 94.1 Å². The molecule has 1 aromatic carbocycles. The first-order valence-corrected chi connectivity index (χ1v) is 12.6. The van der Waals surface area contributed by atoms with Gasteiger partial charge in [-0.3, -0.25) is 14.2 Å². The molecule has 5 rings (SSSR count). The van der Waals surface area contributed by atoms with Crippen LogP contribution in [0.2, 0.25) is 0 Å². The summed E-state index contributed by atoms with van der Waals surface area (Å²) in [4.78, 5) is 34.1. The van der Waals surface area contributed by atoms with Gasteiger partial charge in [-0.1, -0.05) is 43.3 Å². The smallest absolute Gasteiger partial charge is 0.263 e. The molecule has 4 heterocycles. The third-order valence-corrected chi connectivity index (χ3v) is 7.07. The molecule has 34 heavy (non-hydrogen) atoms. The maximum atomic E-state index is 13.3. The maximum absolute atomic E-state index is 13.3. The molecule has 1 amide bonds. The molecule has 0 aliphatic rings. The van der Waals surface area contributed by atoms with Crippen LogP contribution in [0.1, 0.15) is 19.2 Å². The van der Waals surface area contributed by atoms with E-state index in [4.69, 9.17) is 4.42 Å². The SMILES string of the molecule is CCCN(Cc1nnc(-c2cccs2)o1)C(=O)Cn1cnc2scc(-c3ccccc3)c2c1=O. The third kappa shape index (κ3) is 4.42. The molecule has 172 valence electrons. The minimum atomic E-state index is -0.229. The number of amides is 1. The monoisotopic (exact) mass is 491 g/mol. The van der Waals surface area contributed by atoms with Crippen LogP contribution in [0.3, 0.4) is 0 Å². The lowest BCUT2D eigenvalue weighted by Gasteiger charge is -2.20. The van der Waals surface area contributed by atoms with Crippen molar-refractivity contribution in [2.45, 2.75) is 26.4 Å². The average Bonchev–Trinajstić information content (AvgIpc) is 3.62. The van der Waals surface area contributed by atoms with Gasteiger partial charge in [0.15, 0.2) is 0 Å². The summed E-state index contributed by atoms with van der Waals surface area (Å²) in [7, 11) is 0. The molecule has 4 aromatic heterocycles. The molecule has 0 N–H and O–H groups in total. The second-order valence-electron chi connectivity index (χ2n) is 7.67. The van der Waals surface area contributed by atoms with Crippen LogP contribution in [-0.4, -0.2) is 37.1 Å². The normalized spacial score (nSPS) is 11.2. The first-order chi connectivity index (χ1) is 16.6. The van der Waals surface area contributed by atoms with E-state index in [2.05, 4.69) is 15.2 Å². The number of carbonyl (C=O) groups excluding carboxylic acids is 1. The zero-order valence-corrected chi connectivity index (χ0v) is 20.0.